The second-order valence-corrected chi connectivity index (χ2v) is 10.8. The Hall–Kier alpha value is -2.63. The summed E-state index contributed by atoms with van der Waals surface area (Å²) in [7, 11) is -3.80. The second kappa shape index (κ2) is 9.08. The van der Waals surface area contributed by atoms with Gasteiger partial charge in [0.15, 0.2) is 0 Å². The number of piperidine rings is 1. The summed E-state index contributed by atoms with van der Waals surface area (Å²) in [5.74, 6) is -0.312. The maximum absolute atomic E-state index is 13.4. The van der Waals surface area contributed by atoms with Gasteiger partial charge in [-0.1, -0.05) is 12.1 Å². The van der Waals surface area contributed by atoms with Crippen LogP contribution >= 0.6 is 11.3 Å². The van der Waals surface area contributed by atoms with Crippen molar-refractivity contribution in [2.24, 2.45) is 5.92 Å². The number of nitrogens with one attached hydrogen (secondary N) is 1. The van der Waals surface area contributed by atoms with E-state index in [2.05, 4.69) is 15.5 Å². The molecule has 170 valence electrons. The van der Waals surface area contributed by atoms with Gasteiger partial charge in [-0.15, -0.1) is 11.3 Å². The lowest BCUT2D eigenvalue weighted by molar-refractivity contribution is -0.120. The minimum Gasteiger partial charge on any atom is -0.339 e. The maximum atomic E-state index is 13.4. The van der Waals surface area contributed by atoms with Crippen molar-refractivity contribution in [2.45, 2.75) is 38.0 Å². The van der Waals surface area contributed by atoms with Gasteiger partial charge in [0.05, 0.1) is 15.7 Å². The fraction of sp³-hybridized carbons (Fsp3) is 0.381. The molecule has 1 N–H and O–H groups in total. The van der Waals surface area contributed by atoms with E-state index in [-0.39, 0.29) is 17.3 Å². The largest absolute Gasteiger partial charge is 0.339 e. The Morgan fingerprint density at radius 1 is 1.34 bits per heavy atom. The van der Waals surface area contributed by atoms with Crippen LogP contribution in [-0.4, -0.2) is 41.9 Å². The Labute approximate surface area is 189 Å². The van der Waals surface area contributed by atoms with E-state index >= 15 is 0 Å². The van der Waals surface area contributed by atoms with Crippen molar-refractivity contribution >= 4 is 33.0 Å². The quantitative estimate of drug-likeness (QED) is 0.577. The predicted molar refractivity (Wildman–Crippen MR) is 118 cm³/mol. The van der Waals surface area contributed by atoms with E-state index in [4.69, 9.17) is 4.52 Å². The molecule has 32 heavy (non-hydrogen) atoms. The first-order valence-corrected chi connectivity index (χ1v) is 12.5. The summed E-state index contributed by atoms with van der Waals surface area (Å²) in [5.41, 5.74) is 0.473. The van der Waals surface area contributed by atoms with Crippen LogP contribution in [0.5, 0.6) is 0 Å². The van der Waals surface area contributed by atoms with Crippen LogP contribution in [-0.2, 0) is 21.2 Å². The number of nitrogens with zero attached hydrogens (tertiary/aromatic N) is 3. The summed E-state index contributed by atoms with van der Waals surface area (Å²) >= 11 is 1.29. The van der Waals surface area contributed by atoms with Crippen molar-refractivity contribution in [3.05, 3.63) is 46.9 Å². The maximum Gasteiger partial charge on any atom is 0.244 e. The molecule has 1 aliphatic heterocycles. The number of sulfonamides is 1. The highest BCUT2D eigenvalue weighted by molar-refractivity contribution is 7.89. The number of amides is 1. The summed E-state index contributed by atoms with van der Waals surface area (Å²) in [4.78, 5) is 18.4. The number of carbonyl (C=O) groups excluding carboxylic acids is 1. The van der Waals surface area contributed by atoms with Crippen molar-refractivity contribution < 1.29 is 22.1 Å². The van der Waals surface area contributed by atoms with Gasteiger partial charge in [-0.05, 0) is 50.1 Å². The van der Waals surface area contributed by atoms with E-state index in [9.17, 15) is 17.6 Å². The molecule has 4 rings (SSSR count). The standard InChI is InChI=1S/C21H23FN4O4S2/c1-3-19-24-20(25-30-19)17-11-18(13(2)31-17)32(28,29)26-10-4-5-14(12-26)21(27)23-16-8-6-15(22)7-9-16/h6-9,11,14H,3-5,10,12H2,1-2H3,(H,23,27)/t14-/m0/s1. The molecule has 2 aromatic heterocycles. The fourth-order valence-electron chi connectivity index (χ4n) is 3.62. The molecule has 3 heterocycles. The zero-order valence-corrected chi connectivity index (χ0v) is 19.3. The molecule has 1 aromatic carbocycles. The Morgan fingerprint density at radius 3 is 2.78 bits per heavy atom. The summed E-state index contributed by atoms with van der Waals surface area (Å²) in [6.07, 6.45) is 1.74. The summed E-state index contributed by atoms with van der Waals surface area (Å²) < 4.78 is 46.3. The fourth-order valence-corrected chi connectivity index (χ4v) is 6.63. The molecule has 0 saturated carbocycles. The molecule has 0 unspecified atom stereocenters. The number of carbonyl (C=O) groups is 1. The van der Waals surface area contributed by atoms with Gasteiger partial charge in [0.2, 0.25) is 27.6 Å². The van der Waals surface area contributed by atoms with Crippen LogP contribution in [0.3, 0.4) is 0 Å². The monoisotopic (exact) mass is 478 g/mol. The molecule has 0 radical (unpaired) electrons. The number of rotatable bonds is 6. The van der Waals surface area contributed by atoms with Crippen molar-refractivity contribution in [3.63, 3.8) is 0 Å². The Morgan fingerprint density at radius 2 is 2.09 bits per heavy atom. The highest BCUT2D eigenvalue weighted by atomic mass is 32.2. The van der Waals surface area contributed by atoms with Crippen LogP contribution in [0.2, 0.25) is 0 Å². The van der Waals surface area contributed by atoms with Crippen molar-refractivity contribution in [1.29, 1.82) is 0 Å². The third kappa shape index (κ3) is 4.59. The van der Waals surface area contributed by atoms with Crippen LogP contribution in [0.25, 0.3) is 10.7 Å². The van der Waals surface area contributed by atoms with Crippen LogP contribution in [0.15, 0.2) is 39.8 Å². The number of hydrogen-bond donors (Lipinski definition) is 1. The van der Waals surface area contributed by atoms with Crippen molar-refractivity contribution in [3.8, 4) is 10.7 Å². The highest BCUT2D eigenvalue weighted by Gasteiger charge is 2.35. The molecule has 11 heteroatoms. The lowest BCUT2D eigenvalue weighted by Gasteiger charge is -2.31. The van der Waals surface area contributed by atoms with Gasteiger partial charge in [-0.25, -0.2) is 12.8 Å². The molecule has 1 atom stereocenters. The number of hydrogen-bond acceptors (Lipinski definition) is 7. The van der Waals surface area contributed by atoms with E-state index in [1.807, 2.05) is 6.92 Å². The Kier molecular flexibility index (Phi) is 6.40. The van der Waals surface area contributed by atoms with E-state index < -0.39 is 21.8 Å². The molecule has 0 bridgehead atoms. The molecular formula is C21H23FN4O4S2. The van der Waals surface area contributed by atoms with Gasteiger partial charge in [0.25, 0.3) is 0 Å². The number of anilines is 1. The smallest absolute Gasteiger partial charge is 0.244 e. The lowest BCUT2D eigenvalue weighted by Crippen LogP contribution is -2.43. The zero-order valence-electron chi connectivity index (χ0n) is 17.7. The lowest BCUT2D eigenvalue weighted by atomic mass is 9.99. The minimum atomic E-state index is -3.80. The van der Waals surface area contributed by atoms with E-state index in [1.165, 1.54) is 39.9 Å². The summed E-state index contributed by atoms with van der Waals surface area (Å²) in [6, 6.07) is 7.04. The molecule has 1 fully saturated rings. The van der Waals surface area contributed by atoms with E-state index in [0.717, 1.165) is 0 Å². The average Bonchev–Trinajstić information content (AvgIpc) is 3.42. The summed E-state index contributed by atoms with van der Waals surface area (Å²) in [5, 5.41) is 6.67. The number of halogens is 1. The van der Waals surface area contributed by atoms with Crippen LogP contribution in [0.4, 0.5) is 10.1 Å². The number of benzene rings is 1. The molecule has 1 aliphatic rings. The number of aryl methyl sites for hydroxylation is 2. The predicted octanol–water partition coefficient (Wildman–Crippen LogP) is 3.85. The van der Waals surface area contributed by atoms with Crippen LogP contribution < -0.4 is 5.32 Å². The van der Waals surface area contributed by atoms with Crippen molar-refractivity contribution in [1.82, 2.24) is 14.4 Å². The molecular weight excluding hydrogens is 455 g/mol. The zero-order chi connectivity index (χ0) is 22.9. The SMILES string of the molecule is CCc1nc(-c2cc(S(=O)(=O)N3CCC[C@H](C(=O)Nc4ccc(F)cc4)C3)c(C)s2)no1. The second-order valence-electron chi connectivity index (χ2n) is 7.59. The molecule has 0 spiro atoms. The van der Waals surface area contributed by atoms with Crippen LogP contribution in [0, 0.1) is 18.7 Å². The van der Waals surface area contributed by atoms with Gasteiger partial charge in [0.1, 0.15) is 5.82 Å². The molecule has 1 saturated heterocycles. The third-order valence-corrected chi connectivity index (χ3v) is 8.51. The molecule has 1 amide bonds. The average molecular weight is 479 g/mol. The van der Waals surface area contributed by atoms with Crippen LogP contribution in [0.1, 0.15) is 30.5 Å². The normalized spacial score (nSPS) is 17.4. The van der Waals surface area contributed by atoms with E-state index in [0.29, 0.717) is 53.0 Å². The Balaban J connectivity index is 1.51. The molecule has 8 nitrogen and oxygen atoms in total. The molecule has 0 aliphatic carbocycles. The first-order chi connectivity index (χ1) is 15.3. The van der Waals surface area contributed by atoms with Gasteiger partial charge in [-0.3, -0.25) is 4.79 Å². The first kappa shape index (κ1) is 22.6. The first-order valence-electron chi connectivity index (χ1n) is 10.3. The van der Waals surface area contributed by atoms with Gasteiger partial charge in [0, 0.05) is 30.1 Å². The third-order valence-electron chi connectivity index (χ3n) is 5.35. The van der Waals surface area contributed by atoms with Gasteiger partial charge >= 0.3 is 0 Å². The number of thiophene rings is 1. The number of aromatic nitrogens is 2. The minimum absolute atomic E-state index is 0.0855. The molecule has 3 aromatic rings. The van der Waals surface area contributed by atoms with Gasteiger partial charge in [-0.2, -0.15) is 9.29 Å². The van der Waals surface area contributed by atoms with E-state index in [1.54, 1.807) is 13.0 Å². The summed E-state index contributed by atoms with van der Waals surface area (Å²) in [6.45, 7) is 4.06. The Bertz CT molecular complexity index is 1220. The van der Waals surface area contributed by atoms with Gasteiger partial charge < -0.3 is 9.84 Å². The van der Waals surface area contributed by atoms with Crippen molar-refractivity contribution in [2.75, 3.05) is 18.4 Å². The topological polar surface area (TPSA) is 105 Å². The highest BCUT2D eigenvalue weighted by Crippen LogP contribution is 2.35.